The monoisotopic (exact) mass is 284 g/mol. The first kappa shape index (κ1) is 13.4. The lowest BCUT2D eigenvalue weighted by Gasteiger charge is -2.03. The van der Waals surface area contributed by atoms with Crippen LogP contribution in [0.3, 0.4) is 0 Å². The molecule has 0 saturated heterocycles. The van der Waals surface area contributed by atoms with Crippen LogP contribution in [0.25, 0.3) is 5.69 Å². The molecular formula is C15H16N4O2. The second-order valence-corrected chi connectivity index (χ2v) is 4.46. The molecule has 0 aliphatic carbocycles. The van der Waals surface area contributed by atoms with Gasteiger partial charge in [-0.25, -0.2) is 4.68 Å². The van der Waals surface area contributed by atoms with Gasteiger partial charge in [-0.05, 0) is 18.2 Å². The molecule has 0 amide bonds. The maximum atomic E-state index is 5.50. The Morgan fingerprint density at radius 1 is 1.19 bits per heavy atom. The Bertz CT molecular complexity index is 649. The van der Waals surface area contributed by atoms with E-state index in [2.05, 4.69) is 15.4 Å². The van der Waals surface area contributed by atoms with E-state index in [1.807, 2.05) is 36.4 Å². The molecule has 1 aromatic carbocycles. The fraction of sp³-hybridized carbons (Fsp3) is 0.200. The van der Waals surface area contributed by atoms with Crippen molar-refractivity contribution in [1.29, 1.82) is 0 Å². The first-order valence-corrected chi connectivity index (χ1v) is 6.73. The molecular weight excluding hydrogens is 268 g/mol. The first-order chi connectivity index (χ1) is 10.4. The third-order valence-corrected chi connectivity index (χ3v) is 2.91. The molecule has 1 N–H and O–H groups in total. The summed E-state index contributed by atoms with van der Waals surface area (Å²) >= 11 is 0. The molecule has 0 aliphatic heterocycles. The van der Waals surface area contributed by atoms with E-state index in [0.717, 1.165) is 17.8 Å². The summed E-state index contributed by atoms with van der Waals surface area (Å²) in [5.41, 5.74) is 2.07. The molecule has 2 heterocycles. The molecule has 6 nitrogen and oxygen atoms in total. The number of furan rings is 1. The summed E-state index contributed by atoms with van der Waals surface area (Å²) < 4.78 is 12.2. The number of hydrogen-bond acceptors (Lipinski definition) is 5. The Morgan fingerprint density at radius 3 is 2.90 bits per heavy atom. The minimum Gasteiger partial charge on any atom is -0.472 e. The van der Waals surface area contributed by atoms with Crippen LogP contribution in [0.4, 0.5) is 0 Å². The number of rotatable bonds is 7. The molecule has 6 heteroatoms. The third-order valence-electron chi connectivity index (χ3n) is 2.91. The van der Waals surface area contributed by atoms with Crippen LogP contribution in [0.2, 0.25) is 0 Å². The summed E-state index contributed by atoms with van der Waals surface area (Å²) in [5, 5.41) is 7.52. The maximum absolute atomic E-state index is 5.50. The van der Waals surface area contributed by atoms with Crippen LogP contribution in [0, 0.1) is 0 Å². The van der Waals surface area contributed by atoms with Crippen molar-refractivity contribution < 1.29 is 9.15 Å². The highest BCUT2D eigenvalue weighted by Crippen LogP contribution is 2.07. The molecule has 108 valence electrons. The molecule has 21 heavy (non-hydrogen) atoms. The second kappa shape index (κ2) is 6.71. The van der Waals surface area contributed by atoms with Gasteiger partial charge < -0.3 is 14.5 Å². The smallest absolute Gasteiger partial charge is 0.335 e. The van der Waals surface area contributed by atoms with Gasteiger partial charge in [0.2, 0.25) is 0 Å². The highest BCUT2D eigenvalue weighted by Gasteiger charge is 2.03. The summed E-state index contributed by atoms with van der Waals surface area (Å²) in [6.07, 6.45) is 5.02. The van der Waals surface area contributed by atoms with Crippen LogP contribution in [0.15, 0.2) is 59.7 Å². The molecule has 0 spiro atoms. The SMILES string of the molecule is c1ccc(-n2cnc(OCCNCc3ccoc3)n2)cc1. The number of nitrogens with zero attached hydrogens (tertiary/aromatic N) is 3. The summed E-state index contributed by atoms with van der Waals surface area (Å²) in [7, 11) is 0. The minimum atomic E-state index is 0.379. The lowest BCUT2D eigenvalue weighted by Crippen LogP contribution is -2.20. The second-order valence-electron chi connectivity index (χ2n) is 4.46. The van der Waals surface area contributed by atoms with Crippen molar-refractivity contribution in [3.63, 3.8) is 0 Å². The number of para-hydroxylation sites is 1. The normalized spacial score (nSPS) is 10.7. The van der Waals surface area contributed by atoms with Crippen molar-refractivity contribution in [2.24, 2.45) is 0 Å². The highest BCUT2D eigenvalue weighted by molar-refractivity contribution is 5.29. The standard InChI is InChI=1S/C15H16N4O2/c1-2-4-14(5-3-1)19-12-17-15(18-19)21-9-7-16-10-13-6-8-20-11-13/h1-6,8,11-12,16H,7,9-10H2. The van der Waals surface area contributed by atoms with Gasteiger partial charge in [0.1, 0.15) is 12.9 Å². The molecule has 0 unspecified atom stereocenters. The van der Waals surface area contributed by atoms with E-state index in [0.29, 0.717) is 19.2 Å². The average Bonchev–Trinajstić information content (AvgIpc) is 3.19. The summed E-state index contributed by atoms with van der Waals surface area (Å²) in [5.74, 6) is 0. The summed E-state index contributed by atoms with van der Waals surface area (Å²) in [6.45, 7) is 1.98. The predicted octanol–water partition coefficient (Wildman–Crippen LogP) is 2.03. The Kier molecular flexibility index (Phi) is 4.28. The molecule has 0 radical (unpaired) electrons. The minimum absolute atomic E-state index is 0.379. The molecule has 0 saturated carbocycles. The van der Waals surface area contributed by atoms with E-state index in [9.17, 15) is 0 Å². The number of benzene rings is 1. The van der Waals surface area contributed by atoms with Crippen LogP contribution < -0.4 is 10.1 Å². The molecule has 2 aromatic heterocycles. The van der Waals surface area contributed by atoms with Crippen LogP contribution in [0.1, 0.15) is 5.56 Å². The molecule has 3 rings (SSSR count). The van der Waals surface area contributed by atoms with E-state index < -0.39 is 0 Å². The zero-order valence-electron chi connectivity index (χ0n) is 11.5. The highest BCUT2D eigenvalue weighted by atomic mass is 16.5. The third kappa shape index (κ3) is 3.70. The Balaban J connectivity index is 1.43. The number of ether oxygens (including phenoxy) is 1. The van der Waals surface area contributed by atoms with E-state index in [1.54, 1.807) is 23.5 Å². The Labute approximate surface area is 122 Å². The van der Waals surface area contributed by atoms with Crippen molar-refractivity contribution in [2.45, 2.75) is 6.54 Å². The van der Waals surface area contributed by atoms with Crippen molar-refractivity contribution in [2.75, 3.05) is 13.2 Å². The van der Waals surface area contributed by atoms with Gasteiger partial charge in [0.25, 0.3) is 0 Å². The quantitative estimate of drug-likeness (QED) is 0.672. The number of hydrogen-bond donors (Lipinski definition) is 1. The zero-order chi connectivity index (χ0) is 14.3. The van der Waals surface area contributed by atoms with Crippen molar-refractivity contribution >= 4 is 0 Å². The van der Waals surface area contributed by atoms with E-state index in [4.69, 9.17) is 9.15 Å². The van der Waals surface area contributed by atoms with Gasteiger partial charge in [0, 0.05) is 18.7 Å². The average molecular weight is 284 g/mol. The van der Waals surface area contributed by atoms with E-state index in [1.165, 1.54) is 0 Å². The van der Waals surface area contributed by atoms with Gasteiger partial charge in [0.05, 0.1) is 18.2 Å². The van der Waals surface area contributed by atoms with Gasteiger partial charge >= 0.3 is 6.01 Å². The summed E-state index contributed by atoms with van der Waals surface area (Å²) in [6, 6.07) is 12.1. The zero-order valence-corrected chi connectivity index (χ0v) is 11.5. The fourth-order valence-electron chi connectivity index (χ4n) is 1.86. The summed E-state index contributed by atoms with van der Waals surface area (Å²) in [4.78, 5) is 4.13. The van der Waals surface area contributed by atoms with Gasteiger partial charge in [-0.15, -0.1) is 5.10 Å². The first-order valence-electron chi connectivity index (χ1n) is 6.73. The van der Waals surface area contributed by atoms with E-state index >= 15 is 0 Å². The van der Waals surface area contributed by atoms with Crippen molar-refractivity contribution in [3.8, 4) is 11.7 Å². The number of nitrogens with one attached hydrogen (secondary N) is 1. The van der Waals surface area contributed by atoms with Crippen LogP contribution in [-0.4, -0.2) is 27.9 Å². The molecule has 0 fully saturated rings. The topological polar surface area (TPSA) is 65.1 Å². The van der Waals surface area contributed by atoms with Gasteiger partial charge in [-0.2, -0.15) is 4.98 Å². The fourth-order valence-corrected chi connectivity index (χ4v) is 1.86. The van der Waals surface area contributed by atoms with Gasteiger partial charge in [0.15, 0.2) is 0 Å². The van der Waals surface area contributed by atoms with Crippen molar-refractivity contribution in [3.05, 3.63) is 60.8 Å². The Hall–Kier alpha value is -2.60. The predicted molar refractivity (Wildman–Crippen MR) is 77.3 cm³/mol. The van der Waals surface area contributed by atoms with Crippen LogP contribution >= 0.6 is 0 Å². The molecule has 0 aliphatic rings. The van der Waals surface area contributed by atoms with Gasteiger partial charge in [-0.3, -0.25) is 0 Å². The largest absolute Gasteiger partial charge is 0.472 e. The Morgan fingerprint density at radius 2 is 2.10 bits per heavy atom. The van der Waals surface area contributed by atoms with E-state index in [-0.39, 0.29) is 0 Å². The lowest BCUT2D eigenvalue weighted by atomic mass is 10.3. The van der Waals surface area contributed by atoms with Crippen molar-refractivity contribution in [1.82, 2.24) is 20.1 Å². The van der Waals surface area contributed by atoms with Crippen LogP contribution in [0.5, 0.6) is 6.01 Å². The van der Waals surface area contributed by atoms with Gasteiger partial charge in [-0.1, -0.05) is 18.2 Å². The molecule has 0 bridgehead atoms. The lowest BCUT2D eigenvalue weighted by molar-refractivity contribution is 0.289. The molecule has 3 aromatic rings. The maximum Gasteiger partial charge on any atom is 0.335 e. The molecule has 0 atom stereocenters. The van der Waals surface area contributed by atoms with Crippen LogP contribution in [-0.2, 0) is 6.54 Å². The number of aromatic nitrogens is 3.